The van der Waals surface area contributed by atoms with E-state index in [4.69, 9.17) is 5.73 Å². The Morgan fingerprint density at radius 3 is 2.69 bits per heavy atom. The Morgan fingerprint density at radius 1 is 1.28 bits per heavy atom. The van der Waals surface area contributed by atoms with Gasteiger partial charge in [-0.25, -0.2) is 4.79 Å². The van der Waals surface area contributed by atoms with Gasteiger partial charge in [0.05, 0.1) is 17.0 Å². The lowest BCUT2D eigenvalue weighted by atomic mass is 9.95. The minimum Gasteiger partial charge on any atom is -0.477 e. The molecule has 0 spiro atoms. The van der Waals surface area contributed by atoms with Crippen LogP contribution < -0.4 is 11.2 Å². The summed E-state index contributed by atoms with van der Waals surface area (Å²) in [6.45, 7) is 1.96. The van der Waals surface area contributed by atoms with Crippen LogP contribution in [0.3, 0.4) is 0 Å². The third-order valence-electron chi connectivity index (χ3n) is 6.09. The molecular weight excluding hydrogens is 388 g/mol. The van der Waals surface area contributed by atoms with Crippen LogP contribution in [-0.2, 0) is 6.42 Å². The molecule has 2 heterocycles. The second kappa shape index (κ2) is 6.43. The van der Waals surface area contributed by atoms with Crippen molar-refractivity contribution in [2.45, 2.75) is 51.2 Å². The van der Waals surface area contributed by atoms with Crippen molar-refractivity contribution in [1.29, 1.82) is 0 Å². The van der Waals surface area contributed by atoms with Gasteiger partial charge in [0.1, 0.15) is 5.56 Å². The number of aromatic nitrogens is 1. The monoisotopic (exact) mass is 410 g/mol. The molecule has 29 heavy (non-hydrogen) atoms. The van der Waals surface area contributed by atoms with Crippen molar-refractivity contribution < 1.29 is 15.0 Å². The van der Waals surface area contributed by atoms with Gasteiger partial charge in [0.15, 0.2) is 0 Å². The highest BCUT2D eigenvalue weighted by Gasteiger charge is 2.29. The molecule has 1 fully saturated rings. The summed E-state index contributed by atoms with van der Waals surface area (Å²) in [6, 6.07) is 4.11. The van der Waals surface area contributed by atoms with Gasteiger partial charge in [0.25, 0.3) is 0 Å². The van der Waals surface area contributed by atoms with E-state index in [2.05, 4.69) is 6.07 Å². The van der Waals surface area contributed by atoms with E-state index in [0.717, 1.165) is 58.5 Å². The number of aliphatic hydroxyl groups is 1. The molecule has 2 aromatic heterocycles. The number of hydrogen-bond acceptors (Lipinski definition) is 5. The lowest BCUT2D eigenvalue weighted by Gasteiger charge is -2.17. The molecule has 1 unspecified atom stereocenters. The summed E-state index contributed by atoms with van der Waals surface area (Å²) in [7, 11) is 0. The van der Waals surface area contributed by atoms with Crippen LogP contribution in [0.25, 0.3) is 21.3 Å². The molecule has 0 aliphatic heterocycles. The van der Waals surface area contributed by atoms with Gasteiger partial charge < -0.3 is 20.5 Å². The van der Waals surface area contributed by atoms with Gasteiger partial charge in [-0.2, -0.15) is 0 Å². The van der Waals surface area contributed by atoms with E-state index >= 15 is 0 Å². The third kappa shape index (κ3) is 2.80. The summed E-state index contributed by atoms with van der Waals surface area (Å²) in [5, 5.41) is 20.1. The fraction of sp³-hybridized carbons (Fsp3) is 0.364. The van der Waals surface area contributed by atoms with E-state index in [9.17, 15) is 19.8 Å². The number of aliphatic hydroxyl groups excluding tert-OH is 1. The first-order valence-corrected chi connectivity index (χ1v) is 10.7. The molecular formula is C22H22N2O4S. The molecule has 0 saturated heterocycles. The second-order valence-corrected chi connectivity index (χ2v) is 9.17. The van der Waals surface area contributed by atoms with Gasteiger partial charge in [0, 0.05) is 27.7 Å². The largest absolute Gasteiger partial charge is 0.477 e. The molecule has 150 valence electrons. The SMILES string of the molecule is Cc1c(-c2cc3c(s2)C(O)CCC3)cc(N)c2c(=O)c(C(=O)O)cn(C3CC3)c12. The van der Waals surface area contributed by atoms with Crippen LogP contribution in [0.5, 0.6) is 0 Å². The predicted octanol–water partition coefficient (Wildman–Crippen LogP) is 4.02. The van der Waals surface area contributed by atoms with Gasteiger partial charge in [-0.05, 0) is 67.9 Å². The number of carbonyl (C=O) groups is 1. The summed E-state index contributed by atoms with van der Waals surface area (Å²) in [6.07, 6.45) is 5.69. The normalized spacial score (nSPS) is 18.8. The number of thiophene rings is 1. The van der Waals surface area contributed by atoms with Crippen LogP contribution in [0.1, 0.15) is 64.2 Å². The predicted molar refractivity (Wildman–Crippen MR) is 114 cm³/mol. The van der Waals surface area contributed by atoms with E-state index in [1.807, 2.05) is 11.5 Å². The number of hydrogen-bond donors (Lipinski definition) is 3. The van der Waals surface area contributed by atoms with Crippen LogP contribution in [0.2, 0.25) is 0 Å². The minimum atomic E-state index is -1.23. The summed E-state index contributed by atoms with van der Waals surface area (Å²) in [4.78, 5) is 26.5. The highest BCUT2D eigenvalue weighted by Crippen LogP contribution is 2.44. The fourth-order valence-corrected chi connectivity index (χ4v) is 5.77. The molecule has 1 aromatic carbocycles. The average molecular weight is 410 g/mol. The van der Waals surface area contributed by atoms with E-state index in [-0.39, 0.29) is 11.6 Å². The lowest BCUT2D eigenvalue weighted by molar-refractivity contribution is 0.0695. The highest BCUT2D eigenvalue weighted by molar-refractivity contribution is 7.15. The van der Waals surface area contributed by atoms with Gasteiger partial charge in [-0.15, -0.1) is 11.3 Å². The van der Waals surface area contributed by atoms with Crippen molar-refractivity contribution in [3.8, 4) is 10.4 Å². The number of fused-ring (bicyclic) bond motifs is 2. The number of aryl methyl sites for hydroxylation is 2. The molecule has 1 saturated carbocycles. The minimum absolute atomic E-state index is 0.197. The number of nitrogen functional groups attached to an aromatic ring is 1. The van der Waals surface area contributed by atoms with Gasteiger partial charge in [-0.1, -0.05) is 0 Å². The number of nitrogens with two attached hydrogens (primary N) is 1. The van der Waals surface area contributed by atoms with Crippen LogP contribution >= 0.6 is 11.3 Å². The summed E-state index contributed by atoms with van der Waals surface area (Å²) in [5.74, 6) is -1.23. The first kappa shape index (κ1) is 18.4. The smallest absolute Gasteiger partial charge is 0.341 e. The van der Waals surface area contributed by atoms with Crippen LogP contribution in [-0.4, -0.2) is 20.7 Å². The molecule has 0 amide bonds. The van der Waals surface area contributed by atoms with E-state index in [0.29, 0.717) is 11.1 Å². The average Bonchev–Trinajstić information content (AvgIpc) is 3.42. The van der Waals surface area contributed by atoms with Crippen molar-refractivity contribution in [2.75, 3.05) is 5.73 Å². The Bertz CT molecular complexity index is 1240. The van der Waals surface area contributed by atoms with Crippen LogP contribution in [0.4, 0.5) is 5.69 Å². The molecule has 3 aromatic rings. The third-order valence-corrected chi connectivity index (χ3v) is 7.40. The Labute approximate surface area is 171 Å². The molecule has 2 aliphatic carbocycles. The highest BCUT2D eigenvalue weighted by atomic mass is 32.1. The number of pyridine rings is 1. The number of anilines is 1. The van der Waals surface area contributed by atoms with Gasteiger partial charge in [-0.3, -0.25) is 4.79 Å². The van der Waals surface area contributed by atoms with E-state index < -0.39 is 17.5 Å². The zero-order valence-corrected chi connectivity index (χ0v) is 16.9. The number of rotatable bonds is 3. The maximum Gasteiger partial charge on any atom is 0.341 e. The molecule has 2 aliphatic rings. The number of aromatic carboxylic acids is 1. The summed E-state index contributed by atoms with van der Waals surface area (Å²) < 4.78 is 1.93. The molecule has 6 nitrogen and oxygen atoms in total. The van der Waals surface area contributed by atoms with Crippen molar-refractivity contribution in [3.63, 3.8) is 0 Å². The van der Waals surface area contributed by atoms with Gasteiger partial charge in [0.2, 0.25) is 5.43 Å². The topological polar surface area (TPSA) is 106 Å². The first-order valence-electron chi connectivity index (χ1n) is 9.89. The maximum absolute atomic E-state index is 12.9. The number of carboxylic acids is 1. The van der Waals surface area contributed by atoms with Gasteiger partial charge >= 0.3 is 5.97 Å². The Morgan fingerprint density at radius 2 is 2.03 bits per heavy atom. The lowest BCUT2D eigenvalue weighted by Crippen LogP contribution is -2.20. The molecule has 5 rings (SSSR count). The summed E-state index contributed by atoms with van der Waals surface area (Å²) in [5.41, 5.74) is 9.63. The van der Waals surface area contributed by atoms with Crippen LogP contribution in [0, 0.1) is 6.92 Å². The Kier molecular flexibility index (Phi) is 4.08. The van der Waals surface area contributed by atoms with Crippen molar-refractivity contribution >= 4 is 33.9 Å². The zero-order valence-electron chi connectivity index (χ0n) is 16.1. The molecule has 0 bridgehead atoms. The Balaban J connectivity index is 1.81. The molecule has 1 atom stereocenters. The number of carboxylic acid groups (broad SMARTS) is 1. The van der Waals surface area contributed by atoms with Crippen LogP contribution in [0.15, 0.2) is 23.1 Å². The molecule has 4 N–H and O–H groups in total. The van der Waals surface area contributed by atoms with E-state index in [1.54, 1.807) is 17.4 Å². The van der Waals surface area contributed by atoms with Crippen molar-refractivity contribution in [1.82, 2.24) is 4.57 Å². The first-order chi connectivity index (χ1) is 13.9. The quantitative estimate of drug-likeness (QED) is 0.566. The Hall–Kier alpha value is -2.64. The van der Waals surface area contributed by atoms with E-state index in [1.165, 1.54) is 11.8 Å². The second-order valence-electron chi connectivity index (χ2n) is 8.09. The molecule has 0 radical (unpaired) electrons. The summed E-state index contributed by atoms with van der Waals surface area (Å²) >= 11 is 1.58. The maximum atomic E-state index is 12.9. The fourth-order valence-electron chi connectivity index (χ4n) is 4.46. The molecule has 7 heteroatoms. The zero-order chi connectivity index (χ0) is 20.4. The standard InChI is InChI=1S/C22H22N2O4S/c1-10-13(17-7-11-3-2-4-16(25)21(11)29-17)8-15(23)18-19(10)24(12-5-6-12)9-14(20(18)26)22(27)28/h7-9,12,16,25H,2-6,23H2,1H3,(H,27,28). The number of nitrogens with zero attached hydrogens (tertiary/aromatic N) is 1. The van der Waals surface area contributed by atoms with Crippen molar-refractivity contribution in [2.24, 2.45) is 0 Å². The van der Waals surface area contributed by atoms with Crippen molar-refractivity contribution in [3.05, 3.63) is 50.1 Å². The number of benzene rings is 1.